The number of thioether (sulfide) groups is 1. The SMILES string of the molecule is C=CCCCCCSc1ccc(CNCC(C)C)cc1. The molecule has 2 heteroatoms. The lowest BCUT2D eigenvalue weighted by Gasteiger charge is -2.08. The number of allylic oxidation sites excluding steroid dienone is 1. The Bertz CT molecular complexity index is 356. The van der Waals surface area contributed by atoms with E-state index in [1.807, 2.05) is 17.8 Å². The van der Waals surface area contributed by atoms with Gasteiger partial charge in [0.25, 0.3) is 0 Å². The Morgan fingerprint density at radius 2 is 1.90 bits per heavy atom. The molecule has 1 aromatic rings. The van der Waals surface area contributed by atoms with Gasteiger partial charge < -0.3 is 5.32 Å². The van der Waals surface area contributed by atoms with Gasteiger partial charge in [-0.1, -0.05) is 38.5 Å². The summed E-state index contributed by atoms with van der Waals surface area (Å²) in [6.45, 7) is 10.3. The smallest absolute Gasteiger partial charge is 0.0205 e. The maximum absolute atomic E-state index is 3.75. The Morgan fingerprint density at radius 3 is 2.55 bits per heavy atom. The second-order valence-corrected chi connectivity index (χ2v) is 6.82. The zero-order valence-corrected chi connectivity index (χ0v) is 13.8. The van der Waals surface area contributed by atoms with Gasteiger partial charge in [-0.25, -0.2) is 0 Å². The van der Waals surface area contributed by atoms with Gasteiger partial charge in [0.05, 0.1) is 0 Å². The number of rotatable bonds is 11. The van der Waals surface area contributed by atoms with Gasteiger partial charge in [0.15, 0.2) is 0 Å². The summed E-state index contributed by atoms with van der Waals surface area (Å²) < 4.78 is 0. The van der Waals surface area contributed by atoms with E-state index in [4.69, 9.17) is 0 Å². The third-order valence-corrected chi connectivity index (χ3v) is 4.22. The molecule has 0 aromatic heterocycles. The Hall–Kier alpha value is -0.730. The fourth-order valence-corrected chi connectivity index (χ4v) is 2.88. The summed E-state index contributed by atoms with van der Waals surface area (Å²) >= 11 is 1.97. The fraction of sp³-hybridized carbons (Fsp3) is 0.556. The van der Waals surface area contributed by atoms with Crippen molar-refractivity contribution in [3.63, 3.8) is 0 Å². The quantitative estimate of drug-likeness (QED) is 0.338. The van der Waals surface area contributed by atoms with Crippen LogP contribution in [0.2, 0.25) is 0 Å². The van der Waals surface area contributed by atoms with Crippen molar-refractivity contribution in [2.45, 2.75) is 51.0 Å². The minimum Gasteiger partial charge on any atom is -0.312 e. The molecule has 0 aliphatic carbocycles. The van der Waals surface area contributed by atoms with Crippen molar-refractivity contribution in [3.05, 3.63) is 42.5 Å². The van der Waals surface area contributed by atoms with Gasteiger partial charge in [-0.15, -0.1) is 18.3 Å². The summed E-state index contributed by atoms with van der Waals surface area (Å²) in [6, 6.07) is 8.99. The minimum atomic E-state index is 0.714. The van der Waals surface area contributed by atoms with Crippen LogP contribution in [0.5, 0.6) is 0 Å². The Morgan fingerprint density at radius 1 is 1.15 bits per heavy atom. The highest BCUT2D eigenvalue weighted by molar-refractivity contribution is 7.99. The summed E-state index contributed by atoms with van der Waals surface area (Å²) in [5.74, 6) is 1.94. The molecule has 1 rings (SSSR count). The molecular formula is C18H29NS. The van der Waals surface area contributed by atoms with E-state index in [9.17, 15) is 0 Å². The highest BCUT2D eigenvalue weighted by atomic mass is 32.2. The zero-order valence-electron chi connectivity index (χ0n) is 13.0. The number of hydrogen-bond donors (Lipinski definition) is 1. The molecule has 0 aliphatic heterocycles. The molecule has 0 aliphatic rings. The topological polar surface area (TPSA) is 12.0 Å². The molecule has 1 aromatic carbocycles. The molecule has 0 atom stereocenters. The first-order chi connectivity index (χ1) is 9.72. The lowest BCUT2D eigenvalue weighted by molar-refractivity contribution is 0.552. The molecular weight excluding hydrogens is 262 g/mol. The van der Waals surface area contributed by atoms with Crippen LogP contribution in [0, 0.1) is 5.92 Å². The van der Waals surface area contributed by atoms with Gasteiger partial charge in [-0.2, -0.15) is 0 Å². The van der Waals surface area contributed by atoms with Gasteiger partial charge >= 0.3 is 0 Å². The van der Waals surface area contributed by atoms with Crippen molar-refractivity contribution in [2.24, 2.45) is 5.92 Å². The lowest BCUT2D eigenvalue weighted by atomic mass is 10.2. The highest BCUT2D eigenvalue weighted by Crippen LogP contribution is 2.20. The summed E-state index contributed by atoms with van der Waals surface area (Å²) in [5.41, 5.74) is 1.38. The van der Waals surface area contributed by atoms with Crippen LogP contribution in [0.3, 0.4) is 0 Å². The van der Waals surface area contributed by atoms with Gasteiger partial charge in [0, 0.05) is 11.4 Å². The number of benzene rings is 1. The second kappa shape index (κ2) is 11.0. The van der Waals surface area contributed by atoms with Crippen LogP contribution in [0.25, 0.3) is 0 Å². The van der Waals surface area contributed by atoms with Crippen LogP contribution in [0.4, 0.5) is 0 Å². The molecule has 0 amide bonds. The summed E-state index contributed by atoms with van der Waals surface area (Å²) in [6.07, 6.45) is 7.07. The van der Waals surface area contributed by atoms with Crippen molar-refractivity contribution >= 4 is 11.8 Å². The first kappa shape index (κ1) is 17.3. The Kier molecular flexibility index (Phi) is 9.52. The minimum absolute atomic E-state index is 0.714. The second-order valence-electron chi connectivity index (χ2n) is 5.66. The number of nitrogens with one attached hydrogen (secondary N) is 1. The lowest BCUT2D eigenvalue weighted by Crippen LogP contribution is -2.18. The van der Waals surface area contributed by atoms with E-state index in [2.05, 4.69) is 50.0 Å². The third-order valence-electron chi connectivity index (χ3n) is 3.13. The Balaban J connectivity index is 2.16. The molecule has 0 radical (unpaired) electrons. The van der Waals surface area contributed by atoms with Crippen molar-refractivity contribution in [3.8, 4) is 0 Å². The van der Waals surface area contributed by atoms with E-state index < -0.39 is 0 Å². The molecule has 0 saturated heterocycles. The molecule has 1 nitrogen and oxygen atoms in total. The predicted molar refractivity (Wildman–Crippen MR) is 92.4 cm³/mol. The number of unbranched alkanes of at least 4 members (excludes halogenated alkanes) is 3. The van der Waals surface area contributed by atoms with Crippen molar-refractivity contribution in [1.82, 2.24) is 5.32 Å². The molecule has 20 heavy (non-hydrogen) atoms. The van der Waals surface area contributed by atoms with Crippen molar-refractivity contribution < 1.29 is 0 Å². The highest BCUT2D eigenvalue weighted by Gasteiger charge is 1.97. The van der Waals surface area contributed by atoms with E-state index in [1.165, 1.54) is 35.5 Å². The van der Waals surface area contributed by atoms with Crippen molar-refractivity contribution in [1.29, 1.82) is 0 Å². The van der Waals surface area contributed by atoms with Crippen LogP contribution in [-0.4, -0.2) is 12.3 Å². The predicted octanol–water partition coefficient (Wildman–Crippen LogP) is 5.27. The average molecular weight is 292 g/mol. The van der Waals surface area contributed by atoms with E-state index in [-0.39, 0.29) is 0 Å². The molecule has 0 saturated carbocycles. The van der Waals surface area contributed by atoms with Crippen LogP contribution >= 0.6 is 11.8 Å². The summed E-state index contributed by atoms with van der Waals surface area (Å²) in [7, 11) is 0. The zero-order chi connectivity index (χ0) is 14.6. The average Bonchev–Trinajstić information content (AvgIpc) is 2.44. The normalized spacial score (nSPS) is 10.9. The largest absolute Gasteiger partial charge is 0.312 e. The first-order valence-corrected chi connectivity index (χ1v) is 8.74. The van der Waals surface area contributed by atoms with Crippen molar-refractivity contribution in [2.75, 3.05) is 12.3 Å². The molecule has 112 valence electrons. The van der Waals surface area contributed by atoms with E-state index in [1.54, 1.807) is 0 Å². The van der Waals surface area contributed by atoms with Gasteiger partial charge in [-0.3, -0.25) is 0 Å². The molecule has 0 unspecified atom stereocenters. The van der Waals surface area contributed by atoms with Crippen LogP contribution in [-0.2, 0) is 6.54 Å². The molecule has 0 heterocycles. The van der Waals surface area contributed by atoms with Gasteiger partial charge in [0.2, 0.25) is 0 Å². The number of hydrogen-bond acceptors (Lipinski definition) is 2. The molecule has 0 fully saturated rings. The van der Waals surface area contributed by atoms with E-state index >= 15 is 0 Å². The third kappa shape index (κ3) is 8.44. The van der Waals surface area contributed by atoms with Crippen LogP contribution < -0.4 is 5.32 Å². The first-order valence-electron chi connectivity index (χ1n) is 7.75. The Labute approximate surface area is 129 Å². The monoisotopic (exact) mass is 291 g/mol. The standard InChI is InChI=1S/C18H29NS/c1-4-5-6-7-8-13-20-18-11-9-17(10-12-18)15-19-14-16(2)3/h4,9-12,16,19H,1,5-8,13-15H2,2-3H3. The van der Waals surface area contributed by atoms with E-state index in [0.717, 1.165) is 19.5 Å². The van der Waals surface area contributed by atoms with Crippen LogP contribution in [0.1, 0.15) is 45.1 Å². The summed E-state index contributed by atoms with van der Waals surface area (Å²) in [5, 5.41) is 3.48. The molecule has 1 N–H and O–H groups in total. The maximum atomic E-state index is 3.75. The van der Waals surface area contributed by atoms with Gasteiger partial charge in [-0.05, 0) is 55.2 Å². The van der Waals surface area contributed by atoms with Crippen LogP contribution in [0.15, 0.2) is 41.8 Å². The summed E-state index contributed by atoms with van der Waals surface area (Å²) in [4.78, 5) is 1.39. The van der Waals surface area contributed by atoms with E-state index in [0.29, 0.717) is 5.92 Å². The van der Waals surface area contributed by atoms with Gasteiger partial charge in [0.1, 0.15) is 0 Å². The molecule has 0 bridgehead atoms. The fourth-order valence-electron chi connectivity index (χ4n) is 1.97. The maximum Gasteiger partial charge on any atom is 0.0205 e. The molecule has 0 spiro atoms.